The summed E-state index contributed by atoms with van der Waals surface area (Å²) in [6, 6.07) is 10.2. The number of benzene rings is 1. The fourth-order valence-corrected chi connectivity index (χ4v) is 1.48. The fraction of sp³-hybridized carbons (Fsp3) is 0.467. The Hall–Kier alpha value is -1.26. The van der Waals surface area contributed by atoms with Crippen molar-refractivity contribution in [2.45, 2.75) is 45.1 Å². The first kappa shape index (κ1) is 12.8. The van der Waals surface area contributed by atoms with Crippen LogP contribution in [0.4, 0.5) is 0 Å². The van der Waals surface area contributed by atoms with Gasteiger partial charge in [-0.05, 0) is 24.8 Å². The third kappa shape index (κ3) is 5.58. The van der Waals surface area contributed by atoms with Crippen LogP contribution in [0.3, 0.4) is 0 Å². The van der Waals surface area contributed by atoms with Crippen molar-refractivity contribution in [1.29, 1.82) is 0 Å². The van der Waals surface area contributed by atoms with E-state index < -0.39 is 6.10 Å². The van der Waals surface area contributed by atoms with Crippen LogP contribution in [0.25, 0.3) is 0 Å². The molecule has 0 aliphatic carbocycles. The summed E-state index contributed by atoms with van der Waals surface area (Å²) in [6.45, 7) is 2.15. The number of unbranched alkanes of at least 4 members (excludes halogenated alkanes) is 2. The molecule has 0 amide bonds. The number of aliphatic hydroxyl groups excluding tert-OH is 1. The summed E-state index contributed by atoms with van der Waals surface area (Å²) in [6.07, 6.45) is 4.33. The maximum atomic E-state index is 9.64. The molecule has 0 radical (unpaired) electrons. The van der Waals surface area contributed by atoms with Gasteiger partial charge in [-0.3, -0.25) is 0 Å². The van der Waals surface area contributed by atoms with Crippen molar-refractivity contribution < 1.29 is 5.11 Å². The summed E-state index contributed by atoms with van der Waals surface area (Å²) in [4.78, 5) is 0. The molecule has 0 saturated carbocycles. The molecular formula is C15H20O. The molecule has 1 aromatic rings. The second kappa shape index (κ2) is 7.96. The number of rotatable bonds is 5. The van der Waals surface area contributed by atoms with Gasteiger partial charge in [0.15, 0.2) is 0 Å². The van der Waals surface area contributed by atoms with Gasteiger partial charge < -0.3 is 5.11 Å². The normalized spacial score (nSPS) is 11.6. The summed E-state index contributed by atoms with van der Waals surface area (Å²) in [5.74, 6) is 5.92. The topological polar surface area (TPSA) is 20.2 Å². The Morgan fingerprint density at radius 1 is 1.25 bits per heavy atom. The van der Waals surface area contributed by atoms with Gasteiger partial charge in [0.05, 0.1) is 0 Å². The van der Waals surface area contributed by atoms with Gasteiger partial charge in [0.25, 0.3) is 0 Å². The van der Waals surface area contributed by atoms with E-state index in [9.17, 15) is 5.11 Å². The van der Waals surface area contributed by atoms with Crippen molar-refractivity contribution in [3.63, 3.8) is 0 Å². The minimum atomic E-state index is -0.475. The maximum Gasteiger partial charge on any atom is 0.115 e. The van der Waals surface area contributed by atoms with Gasteiger partial charge in [0, 0.05) is 6.42 Å². The molecule has 1 rings (SSSR count). The van der Waals surface area contributed by atoms with Crippen LogP contribution in [0.1, 0.15) is 38.2 Å². The largest absolute Gasteiger partial charge is 0.380 e. The van der Waals surface area contributed by atoms with Gasteiger partial charge in [0.2, 0.25) is 0 Å². The lowest BCUT2D eigenvalue weighted by Crippen LogP contribution is -2.04. The molecule has 0 aliphatic heterocycles. The van der Waals surface area contributed by atoms with Crippen molar-refractivity contribution in [2.75, 3.05) is 0 Å². The summed E-state index contributed by atoms with van der Waals surface area (Å²) in [7, 11) is 0. The van der Waals surface area contributed by atoms with E-state index in [2.05, 4.69) is 30.9 Å². The van der Waals surface area contributed by atoms with Gasteiger partial charge in [-0.25, -0.2) is 0 Å². The van der Waals surface area contributed by atoms with Crippen molar-refractivity contribution in [2.24, 2.45) is 0 Å². The Bertz CT molecular complexity index is 331. The molecule has 1 N–H and O–H groups in total. The number of hydrogen-bond acceptors (Lipinski definition) is 1. The van der Waals surface area contributed by atoms with E-state index in [1.165, 1.54) is 5.56 Å². The second-order valence-corrected chi connectivity index (χ2v) is 3.96. The lowest BCUT2D eigenvalue weighted by atomic mass is 10.1. The Morgan fingerprint density at radius 3 is 2.69 bits per heavy atom. The third-order valence-electron chi connectivity index (χ3n) is 2.47. The predicted octanol–water partition coefficient (Wildman–Crippen LogP) is 3.17. The summed E-state index contributed by atoms with van der Waals surface area (Å²) >= 11 is 0. The molecule has 1 heteroatoms. The molecule has 1 nitrogen and oxygen atoms in total. The molecule has 16 heavy (non-hydrogen) atoms. The summed E-state index contributed by atoms with van der Waals surface area (Å²) in [5, 5.41) is 9.64. The molecule has 0 aliphatic rings. The Kier molecular flexibility index (Phi) is 6.37. The average molecular weight is 216 g/mol. The molecular weight excluding hydrogens is 196 g/mol. The van der Waals surface area contributed by atoms with Crippen LogP contribution in [0, 0.1) is 11.8 Å². The van der Waals surface area contributed by atoms with E-state index in [1.807, 2.05) is 18.2 Å². The minimum absolute atomic E-state index is 0.475. The van der Waals surface area contributed by atoms with Crippen molar-refractivity contribution in [3.8, 4) is 11.8 Å². The van der Waals surface area contributed by atoms with Crippen LogP contribution in [0.5, 0.6) is 0 Å². The van der Waals surface area contributed by atoms with E-state index in [0.29, 0.717) is 0 Å². The molecule has 86 valence electrons. The van der Waals surface area contributed by atoms with E-state index in [0.717, 1.165) is 32.1 Å². The monoisotopic (exact) mass is 216 g/mol. The zero-order chi connectivity index (χ0) is 11.6. The van der Waals surface area contributed by atoms with Crippen LogP contribution in [0.15, 0.2) is 30.3 Å². The van der Waals surface area contributed by atoms with Crippen molar-refractivity contribution in [3.05, 3.63) is 35.9 Å². The predicted molar refractivity (Wildman–Crippen MR) is 68.1 cm³/mol. The average Bonchev–Trinajstić information content (AvgIpc) is 2.33. The van der Waals surface area contributed by atoms with E-state index >= 15 is 0 Å². The van der Waals surface area contributed by atoms with Crippen molar-refractivity contribution in [1.82, 2.24) is 0 Å². The molecule has 0 saturated heterocycles. The molecule has 0 heterocycles. The Balaban J connectivity index is 2.24. The van der Waals surface area contributed by atoms with Gasteiger partial charge in [-0.15, -0.1) is 5.92 Å². The summed E-state index contributed by atoms with van der Waals surface area (Å²) < 4.78 is 0. The van der Waals surface area contributed by atoms with Gasteiger partial charge in [0.1, 0.15) is 6.10 Å². The first-order valence-corrected chi connectivity index (χ1v) is 6.03. The molecule has 1 atom stereocenters. The molecule has 0 fully saturated rings. The van der Waals surface area contributed by atoms with Crippen LogP contribution in [0.2, 0.25) is 0 Å². The van der Waals surface area contributed by atoms with E-state index in [1.54, 1.807) is 0 Å². The minimum Gasteiger partial charge on any atom is -0.380 e. The molecule has 0 unspecified atom stereocenters. The maximum absolute atomic E-state index is 9.64. The van der Waals surface area contributed by atoms with Gasteiger partial charge in [-0.2, -0.15) is 0 Å². The quantitative estimate of drug-likeness (QED) is 0.592. The molecule has 1 aromatic carbocycles. The van der Waals surface area contributed by atoms with E-state index in [-0.39, 0.29) is 0 Å². The Labute approximate surface area is 98.5 Å². The smallest absolute Gasteiger partial charge is 0.115 e. The highest BCUT2D eigenvalue weighted by Crippen LogP contribution is 2.04. The number of aryl methyl sites for hydroxylation is 1. The van der Waals surface area contributed by atoms with E-state index in [4.69, 9.17) is 0 Å². The Morgan fingerprint density at radius 2 is 2.00 bits per heavy atom. The zero-order valence-electron chi connectivity index (χ0n) is 9.95. The molecule has 0 aromatic heterocycles. The van der Waals surface area contributed by atoms with Crippen molar-refractivity contribution >= 4 is 0 Å². The third-order valence-corrected chi connectivity index (χ3v) is 2.47. The van der Waals surface area contributed by atoms with Gasteiger partial charge in [-0.1, -0.05) is 49.6 Å². The number of aliphatic hydroxyl groups is 1. The van der Waals surface area contributed by atoms with Gasteiger partial charge >= 0.3 is 0 Å². The first-order valence-electron chi connectivity index (χ1n) is 6.03. The van der Waals surface area contributed by atoms with Crippen LogP contribution in [-0.4, -0.2) is 11.2 Å². The fourth-order valence-electron chi connectivity index (χ4n) is 1.48. The second-order valence-electron chi connectivity index (χ2n) is 3.96. The van der Waals surface area contributed by atoms with Crippen LogP contribution in [-0.2, 0) is 6.42 Å². The zero-order valence-corrected chi connectivity index (χ0v) is 9.95. The first-order chi connectivity index (χ1) is 7.83. The highest BCUT2D eigenvalue weighted by molar-refractivity contribution is 5.15. The van der Waals surface area contributed by atoms with Crippen LogP contribution < -0.4 is 0 Å². The molecule has 0 bridgehead atoms. The SMILES string of the molecule is CCCCC#C[C@H](O)CCc1ccccc1. The summed E-state index contributed by atoms with van der Waals surface area (Å²) in [5.41, 5.74) is 1.26. The molecule has 0 spiro atoms. The lowest BCUT2D eigenvalue weighted by molar-refractivity contribution is 0.222. The standard InChI is InChI=1S/C15H20O/c1-2-3-4-8-11-15(16)13-12-14-9-6-5-7-10-14/h5-7,9-10,15-16H,2-4,12-13H2,1H3/t15-/m0/s1. The lowest BCUT2D eigenvalue weighted by Gasteiger charge is -2.03. The number of hydrogen-bond donors (Lipinski definition) is 1. The highest BCUT2D eigenvalue weighted by atomic mass is 16.3. The van der Waals surface area contributed by atoms with Crippen LogP contribution >= 0.6 is 0 Å². The highest BCUT2D eigenvalue weighted by Gasteiger charge is 1.99.